The number of nitrogens with one attached hydrogen (secondary N) is 1. The second-order valence-electron chi connectivity index (χ2n) is 7.22. The van der Waals surface area contributed by atoms with E-state index in [1.54, 1.807) is 0 Å². The number of rotatable bonds is 8. The molecule has 2 nitrogen and oxygen atoms in total. The zero-order valence-corrected chi connectivity index (χ0v) is 13.3. The molecule has 1 N–H and O–H groups in total. The first-order chi connectivity index (χ1) is 8.47. The van der Waals surface area contributed by atoms with Gasteiger partial charge in [-0.05, 0) is 37.1 Å². The summed E-state index contributed by atoms with van der Waals surface area (Å²) in [7, 11) is 2.11. The predicted molar refractivity (Wildman–Crippen MR) is 80.9 cm³/mol. The topological polar surface area (TPSA) is 15.3 Å². The summed E-state index contributed by atoms with van der Waals surface area (Å²) in [5.74, 6) is 1.55. The Kier molecular flexibility index (Phi) is 6.65. The van der Waals surface area contributed by atoms with Crippen LogP contribution >= 0.6 is 0 Å². The molecule has 1 aliphatic carbocycles. The molecule has 0 unspecified atom stereocenters. The Labute approximate surface area is 115 Å². The monoisotopic (exact) mass is 254 g/mol. The molecule has 1 fully saturated rings. The van der Waals surface area contributed by atoms with Crippen LogP contribution in [0.3, 0.4) is 0 Å². The Balaban J connectivity index is 2.60. The fourth-order valence-electron chi connectivity index (χ4n) is 3.60. The second kappa shape index (κ2) is 7.49. The molecular formula is C16H34N2. The van der Waals surface area contributed by atoms with Crippen molar-refractivity contribution in [3.05, 3.63) is 0 Å². The molecule has 0 heterocycles. The minimum absolute atomic E-state index is 0.554. The predicted octanol–water partition coefficient (Wildman–Crippen LogP) is 3.38. The van der Waals surface area contributed by atoms with Gasteiger partial charge in [0.15, 0.2) is 0 Å². The standard InChI is InChI=1S/C16H34N2/c1-14(2)10-18(11-15(3)4)13-16(12-17-5)8-6-7-9-16/h14-15,17H,6-13H2,1-5H3. The fourth-order valence-corrected chi connectivity index (χ4v) is 3.60. The summed E-state index contributed by atoms with van der Waals surface area (Å²) in [5, 5.41) is 3.44. The molecule has 0 amide bonds. The summed E-state index contributed by atoms with van der Waals surface area (Å²) in [4.78, 5) is 2.72. The molecule has 0 atom stereocenters. The van der Waals surface area contributed by atoms with Gasteiger partial charge in [0.1, 0.15) is 0 Å². The molecule has 0 spiro atoms. The highest BCUT2D eigenvalue weighted by Crippen LogP contribution is 2.38. The molecule has 0 aromatic heterocycles. The lowest BCUT2D eigenvalue weighted by molar-refractivity contribution is 0.126. The van der Waals surface area contributed by atoms with Crippen molar-refractivity contribution in [1.29, 1.82) is 0 Å². The SMILES string of the molecule is CNCC1(CN(CC(C)C)CC(C)C)CCCC1. The van der Waals surface area contributed by atoms with Gasteiger partial charge in [0.05, 0.1) is 0 Å². The van der Waals surface area contributed by atoms with Crippen LogP contribution in [0.5, 0.6) is 0 Å². The van der Waals surface area contributed by atoms with Gasteiger partial charge >= 0.3 is 0 Å². The maximum absolute atomic E-state index is 3.44. The van der Waals surface area contributed by atoms with Crippen LogP contribution in [0.4, 0.5) is 0 Å². The number of hydrogen-bond donors (Lipinski definition) is 1. The zero-order chi connectivity index (χ0) is 13.6. The van der Waals surface area contributed by atoms with E-state index in [9.17, 15) is 0 Å². The molecule has 18 heavy (non-hydrogen) atoms. The summed E-state index contributed by atoms with van der Waals surface area (Å²) in [6, 6.07) is 0. The van der Waals surface area contributed by atoms with Gasteiger partial charge in [-0.15, -0.1) is 0 Å². The van der Waals surface area contributed by atoms with Crippen molar-refractivity contribution in [1.82, 2.24) is 10.2 Å². The summed E-state index contributed by atoms with van der Waals surface area (Å²) in [6.45, 7) is 14.4. The molecule has 0 aromatic carbocycles. The van der Waals surface area contributed by atoms with Crippen LogP contribution in [0.15, 0.2) is 0 Å². The molecule has 0 radical (unpaired) electrons. The Morgan fingerprint density at radius 1 is 1.00 bits per heavy atom. The molecule has 1 rings (SSSR count). The Hall–Kier alpha value is -0.0800. The molecule has 2 heteroatoms. The van der Waals surface area contributed by atoms with Gasteiger partial charge in [-0.2, -0.15) is 0 Å². The van der Waals surface area contributed by atoms with Crippen molar-refractivity contribution >= 4 is 0 Å². The summed E-state index contributed by atoms with van der Waals surface area (Å²) >= 11 is 0. The third-order valence-corrected chi connectivity index (χ3v) is 4.02. The zero-order valence-electron chi connectivity index (χ0n) is 13.3. The van der Waals surface area contributed by atoms with Gasteiger partial charge in [-0.3, -0.25) is 0 Å². The minimum Gasteiger partial charge on any atom is -0.319 e. The molecule has 0 aliphatic heterocycles. The summed E-state index contributed by atoms with van der Waals surface area (Å²) < 4.78 is 0. The lowest BCUT2D eigenvalue weighted by Crippen LogP contribution is -2.44. The third kappa shape index (κ3) is 5.27. The number of hydrogen-bond acceptors (Lipinski definition) is 2. The van der Waals surface area contributed by atoms with E-state index in [2.05, 4.69) is 45.0 Å². The molecule has 1 aliphatic rings. The van der Waals surface area contributed by atoms with Gasteiger partial charge in [0.25, 0.3) is 0 Å². The molecule has 0 bridgehead atoms. The maximum Gasteiger partial charge on any atom is 0.00504 e. The molecule has 0 aromatic rings. The van der Waals surface area contributed by atoms with Crippen molar-refractivity contribution in [2.24, 2.45) is 17.3 Å². The van der Waals surface area contributed by atoms with E-state index >= 15 is 0 Å². The molecule has 1 saturated carbocycles. The fraction of sp³-hybridized carbons (Fsp3) is 1.00. The Morgan fingerprint density at radius 2 is 1.50 bits per heavy atom. The van der Waals surface area contributed by atoms with Gasteiger partial charge < -0.3 is 10.2 Å². The quantitative estimate of drug-likeness (QED) is 0.714. The highest BCUT2D eigenvalue weighted by Gasteiger charge is 2.35. The van der Waals surface area contributed by atoms with Crippen molar-refractivity contribution in [3.63, 3.8) is 0 Å². The van der Waals surface area contributed by atoms with E-state index in [4.69, 9.17) is 0 Å². The largest absolute Gasteiger partial charge is 0.319 e. The third-order valence-electron chi connectivity index (χ3n) is 4.02. The highest BCUT2D eigenvalue weighted by molar-refractivity contribution is 4.89. The van der Waals surface area contributed by atoms with E-state index in [1.807, 2.05) is 0 Å². The van der Waals surface area contributed by atoms with Gasteiger partial charge in [-0.1, -0.05) is 40.5 Å². The van der Waals surface area contributed by atoms with Crippen LogP contribution < -0.4 is 5.32 Å². The highest BCUT2D eigenvalue weighted by atomic mass is 15.1. The average molecular weight is 254 g/mol. The van der Waals surface area contributed by atoms with E-state index in [-0.39, 0.29) is 0 Å². The Bertz CT molecular complexity index is 207. The average Bonchev–Trinajstić information content (AvgIpc) is 2.64. The molecule has 0 saturated heterocycles. The van der Waals surface area contributed by atoms with Gasteiger partial charge in [0.2, 0.25) is 0 Å². The minimum atomic E-state index is 0.554. The second-order valence-corrected chi connectivity index (χ2v) is 7.22. The molecule has 108 valence electrons. The van der Waals surface area contributed by atoms with Crippen molar-refractivity contribution in [3.8, 4) is 0 Å². The lowest BCUT2D eigenvalue weighted by Gasteiger charge is -2.37. The van der Waals surface area contributed by atoms with Crippen molar-refractivity contribution in [2.75, 3.05) is 33.2 Å². The first-order valence-electron chi connectivity index (χ1n) is 7.84. The van der Waals surface area contributed by atoms with E-state index in [0.717, 1.165) is 11.8 Å². The first-order valence-corrected chi connectivity index (χ1v) is 7.84. The normalized spacial score (nSPS) is 19.3. The first kappa shape index (κ1) is 16.0. The summed E-state index contributed by atoms with van der Waals surface area (Å²) in [5.41, 5.74) is 0.554. The molecular weight excluding hydrogens is 220 g/mol. The van der Waals surface area contributed by atoms with Gasteiger partial charge in [-0.25, -0.2) is 0 Å². The van der Waals surface area contributed by atoms with Gasteiger partial charge in [0, 0.05) is 26.2 Å². The van der Waals surface area contributed by atoms with Crippen LogP contribution in [0.1, 0.15) is 53.4 Å². The smallest absolute Gasteiger partial charge is 0.00504 e. The number of nitrogens with zero attached hydrogens (tertiary/aromatic N) is 1. The van der Waals surface area contributed by atoms with Crippen LogP contribution in [-0.2, 0) is 0 Å². The van der Waals surface area contributed by atoms with Crippen LogP contribution in [0, 0.1) is 17.3 Å². The van der Waals surface area contributed by atoms with E-state index in [0.29, 0.717) is 5.41 Å². The van der Waals surface area contributed by atoms with Crippen LogP contribution in [-0.4, -0.2) is 38.1 Å². The van der Waals surface area contributed by atoms with E-state index in [1.165, 1.54) is 51.9 Å². The van der Waals surface area contributed by atoms with Crippen molar-refractivity contribution < 1.29 is 0 Å². The Morgan fingerprint density at radius 3 is 1.89 bits per heavy atom. The van der Waals surface area contributed by atoms with Crippen molar-refractivity contribution in [2.45, 2.75) is 53.4 Å². The lowest BCUT2D eigenvalue weighted by atomic mass is 9.85. The summed E-state index contributed by atoms with van der Waals surface area (Å²) in [6.07, 6.45) is 5.69. The van der Waals surface area contributed by atoms with Crippen LogP contribution in [0.2, 0.25) is 0 Å². The van der Waals surface area contributed by atoms with Crippen LogP contribution in [0.25, 0.3) is 0 Å². The maximum atomic E-state index is 3.44. The van der Waals surface area contributed by atoms with E-state index < -0.39 is 0 Å².